The lowest BCUT2D eigenvalue weighted by Gasteiger charge is -2.29. The second-order valence-corrected chi connectivity index (χ2v) is 7.91. The Hall–Kier alpha value is -3.52. The van der Waals surface area contributed by atoms with Crippen molar-refractivity contribution in [3.05, 3.63) is 70.8 Å². The van der Waals surface area contributed by atoms with Gasteiger partial charge in [0.15, 0.2) is 0 Å². The maximum atomic E-state index is 12.7. The van der Waals surface area contributed by atoms with Crippen molar-refractivity contribution in [2.75, 3.05) is 0 Å². The predicted molar refractivity (Wildman–Crippen MR) is 112 cm³/mol. The molecule has 0 saturated carbocycles. The molecule has 0 bridgehead atoms. The number of hydrogen-bond donors (Lipinski definition) is 3. The van der Waals surface area contributed by atoms with Gasteiger partial charge in [-0.25, -0.2) is 0 Å². The van der Waals surface area contributed by atoms with E-state index in [2.05, 4.69) is 10.6 Å². The normalized spacial score (nSPS) is 19.1. The summed E-state index contributed by atoms with van der Waals surface area (Å²) in [7, 11) is 0. The number of amides is 4. The molecule has 4 amide bonds. The molecule has 2 aliphatic rings. The SMILES string of the molecule is N[C@@H](Cc1ccccc1)C(=O)NCc1ccc2c(c1)CN(C1CCC(=O)NC1=O)C2=O. The average Bonchev–Trinajstić information content (AvgIpc) is 3.08. The highest BCUT2D eigenvalue weighted by molar-refractivity contribution is 6.05. The molecule has 2 aromatic carbocycles. The lowest BCUT2D eigenvalue weighted by Crippen LogP contribution is -2.52. The summed E-state index contributed by atoms with van der Waals surface area (Å²) in [6.45, 7) is 0.594. The Kier molecular flexibility index (Phi) is 5.81. The molecule has 0 aliphatic carbocycles. The lowest BCUT2D eigenvalue weighted by atomic mass is 10.0. The van der Waals surface area contributed by atoms with E-state index < -0.39 is 18.0 Å². The summed E-state index contributed by atoms with van der Waals surface area (Å²) in [6, 6.07) is 13.7. The number of hydrogen-bond acceptors (Lipinski definition) is 5. The van der Waals surface area contributed by atoms with Crippen LogP contribution in [0.25, 0.3) is 0 Å². The third-order valence-electron chi connectivity index (χ3n) is 5.69. The van der Waals surface area contributed by atoms with Gasteiger partial charge in [-0.1, -0.05) is 42.5 Å². The third kappa shape index (κ3) is 4.49. The number of carbonyl (C=O) groups is 4. The van der Waals surface area contributed by atoms with Gasteiger partial charge >= 0.3 is 0 Å². The Morgan fingerprint density at radius 2 is 1.90 bits per heavy atom. The number of rotatable bonds is 6. The molecule has 160 valence electrons. The Bertz CT molecular complexity index is 1040. The lowest BCUT2D eigenvalue weighted by molar-refractivity contribution is -0.137. The summed E-state index contributed by atoms with van der Waals surface area (Å²) in [6.07, 6.45) is 0.996. The van der Waals surface area contributed by atoms with Crippen LogP contribution in [0.3, 0.4) is 0 Å². The van der Waals surface area contributed by atoms with E-state index in [4.69, 9.17) is 5.73 Å². The van der Waals surface area contributed by atoms with Crippen molar-refractivity contribution < 1.29 is 19.2 Å². The molecule has 0 spiro atoms. The highest BCUT2D eigenvalue weighted by atomic mass is 16.2. The van der Waals surface area contributed by atoms with Crippen LogP contribution >= 0.6 is 0 Å². The summed E-state index contributed by atoms with van der Waals surface area (Å²) < 4.78 is 0. The molecule has 8 nitrogen and oxygen atoms in total. The number of nitrogens with zero attached hydrogens (tertiary/aromatic N) is 1. The van der Waals surface area contributed by atoms with Crippen molar-refractivity contribution in [2.24, 2.45) is 5.73 Å². The van der Waals surface area contributed by atoms with Crippen LogP contribution in [0.2, 0.25) is 0 Å². The summed E-state index contributed by atoms with van der Waals surface area (Å²) in [5.41, 5.74) is 9.20. The molecule has 0 radical (unpaired) electrons. The maximum absolute atomic E-state index is 12.7. The van der Waals surface area contributed by atoms with E-state index in [0.29, 0.717) is 31.5 Å². The number of carbonyl (C=O) groups excluding carboxylic acids is 4. The van der Waals surface area contributed by atoms with Crippen molar-refractivity contribution >= 4 is 23.6 Å². The number of fused-ring (bicyclic) bond motifs is 1. The van der Waals surface area contributed by atoms with Gasteiger partial charge in [0.05, 0.1) is 6.04 Å². The number of imide groups is 1. The fraction of sp³-hybridized carbons (Fsp3) is 0.304. The Labute approximate surface area is 179 Å². The number of nitrogens with one attached hydrogen (secondary N) is 2. The molecule has 4 rings (SSSR count). The van der Waals surface area contributed by atoms with Crippen LogP contribution in [0.15, 0.2) is 48.5 Å². The van der Waals surface area contributed by atoms with Crippen molar-refractivity contribution in [1.29, 1.82) is 0 Å². The van der Waals surface area contributed by atoms with Crippen LogP contribution in [-0.4, -0.2) is 40.6 Å². The second kappa shape index (κ2) is 8.69. The smallest absolute Gasteiger partial charge is 0.255 e. The van der Waals surface area contributed by atoms with E-state index in [9.17, 15) is 19.2 Å². The highest BCUT2D eigenvalue weighted by Crippen LogP contribution is 2.28. The fourth-order valence-corrected chi connectivity index (χ4v) is 4.02. The van der Waals surface area contributed by atoms with Gasteiger partial charge in [-0.3, -0.25) is 24.5 Å². The molecule has 2 aliphatic heterocycles. The van der Waals surface area contributed by atoms with Crippen LogP contribution in [0.1, 0.15) is 39.9 Å². The van der Waals surface area contributed by atoms with E-state index in [-0.39, 0.29) is 24.1 Å². The Balaban J connectivity index is 1.36. The van der Waals surface area contributed by atoms with Crippen LogP contribution in [0.5, 0.6) is 0 Å². The zero-order chi connectivity index (χ0) is 22.0. The van der Waals surface area contributed by atoms with Gasteiger partial charge in [-0.05, 0) is 35.6 Å². The molecule has 0 aromatic heterocycles. The zero-order valence-corrected chi connectivity index (χ0v) is 17.0. The molecule has 2 heterocycles. The molecule has 31 heavy (non-hydrogen) atoms. The predicted octanol–water partition coefficient (Wildman–Crippen LogP) is 0.634. The van der Waals surface area contributed by atoms with Crippen LogP contribution in [-0.2, 0) is 33.9 Å². The van der Waals surface area contributed by atoms with Gasteiger partial charge in [-0.2, -0.15) is 0 Å². The number of nitrogens with two attached hydrogens (primary N) is 1. The van der Waals surface area contributed by atoms with Crippen LogP contribution in [0, 0.1) is 0 Å². The molecule has 1 fully saturated rings. The van der Waals surface area contributed by atoms with Crippen LogP contribution in [0.4, 0.5) is 0 Å². The maximum Gasteiger partial charge on any atom is 0.255 e. The van der Waals surface area contributed by atoms with Crippen molar-refractivity contribution in [2.45, 2.75) is 44.4 Å². The van der Waals surface area contributed by atoms with Crippen molar-refractivity contribution in [3.8, 4) is 0 Å². The van der Waals surface area contributed by atoms with Gasteiger partial charge in [-0.15, -0.1) is 0 Å². The first-order chi connectivity index (χ1) is 14.9. The molecular weight excluding hydrogens is 396 g/mol. The second-order valence-electron chi connectivity index (χ2n) is 7.91. The average molecular weight is 420 g/mol. The standard InChI is InChI=1S/C23H24N4O4/c24-18(11-14-4-2-1-3-5-14)21(29)25-12-15-6-7-17-16(10-15)13-27(23(17)31)19-8-9-20(28)26-22(19)30/h1-7,10,18-19H,8-9,11-13,24H2,(H,25,29)(H,26,28,30)/t18-,19?/m0/s1. The monoisotopic (exact) mass is 420 g/mol. The van der Waals surface area contributed by atoms with E-state index in [1.165, 1.54) is 4.90 Å². The van der Waals surface area contributed by atoms with Gasteiger partial charge in [0.2, 0.25) is 17.7 Å². The van der Waals surface area contributed by atoms with E-state index >= 15 is 0 Å². The summed E-state index contributed by atoms with van der Waals surface area (Å²) in [5.74, 6) is -1.21. The van der Waals surface area contributed by atoms with E-state index in [0.717, 1.165) is 16.7 Å². The first-order valence-electron chi connectivity index (χ1n) is 10.3. The third-order valence-corrected chi connectivity index (χ3v) is 5.69. The summed E-state index contributed by atoms with van der Waals surface area (Å²) >= 11 is 0. The van der Waals surface area contributed by atoms with E-state index in [1.54, 1.807) is 12.1 Å². The van der Waals surface area contributed by atoms with Gasteiger partial charge in [0.25, 0.3) is 5.91 Å². The van der Waals surface area contributed by atoms with E-state index in [1.807, 2.05) is 36.4 Å². The quantitative estimate of drug-likeness (QED) is 0.592. The molecule has 8 heteroatoms. The van der Waals surface area contributed by atoms with Gasteiger partial charge in [0, 0.05) is 25.1 Å². The van der Waals surface area contributed by atoms with Crippen molar-refractivity contribution in [3.63, 3.8) is 0 Å². The highest BCUT2D eigenvalue weighted by Gasteiger charge is 2.39. The summed E-state index contributed by atoms with van der Waals surface area (Å²) in [5, 5.41) is 5.14. The minimum atomic E-state index is -0.651. The zero-order valence-electron chi connectivity index (χ0n) is 17.0. The Morgan fingerprint density at radius 1 is 1.13 bits per heavy atom. The van der Waals surface area contributed by atoms with Crippen LogP contribution < -0.4 is 16.4 Å². The minimum absolute atomic E-state index is 0.218. The first-order valence-corrected chi connectivity index (χ1v) is 10.3. The molecule has 1 unspecified atom stereocenters. The molecule has 1 saturated heterocycles. The fourth-order valence-electron chi connectivity index (χ4n) is 4.02. The largest absolute Gasteiger partial charge is 0.351 e. The number of benzene rings is 2. The number of piperidine rings is 1. The minimum Gasteiger partial charge on any atom is -0.351 e. The van der Waals surface area contributed by atoms with Gasteiger partial charge < -0.3 is 16.0 Å². The first kappa shape index (κ1) is 20.7. The van der Waals surface area contributed by atoms with Gasteiger partial charge in [0.1, 0.15) is 6.04 Å². The molecule has 2 atom stereocenters. The Morgan fingerprint density at radius 3 is 2.65 bits per heavy atom. The molecular formula is C23H24N4O4. The van der Waals surface area contributed by atoms with Crippen molar-refractivity contribution in [1.82, 2.24) is 15.5 Å². The molecule has 2 aromatic rings. The molecule has 4 N–H and O–H groups in total. The topological polar surface area (TPSA) is 122 Å². The summed E-state index contributed by atoms with van der Waals surface area (Å²) in [4.78, 5) is 50.1.